The fraction of sp³-hybridized carbons (Fsp3) is 0.545. The standard InChI is InChI=1S/C22H26N4O5/c1-29-21(28)22(9-3-2-4-10-22)25-18(27)15-7-11-26(12-8-15)20-16(14-23)24-19(31-20)17-6-5-13-30-17/h5-6,13,15H,2-4,7-12H2,1H3,(H,25,27). The van der Waals surface area contributed by atoms with Gasteiger partial charge in [0.15, 0.2) is 5.76 Å². The monoisotopic (exact) mass is 426 g/mol. The van der Waals surface area contributed by atoms with E-state index in [4.69, 9.17) is 13.6 Å². The van der Waals surface area contributed by atoms with E-state index < -0.39 is 5.54 Å². The first-order valence-corrected chi connectivity index (χ1v) is 10.7. The number of oxazole rings is 1. The molecule has 0 aromatic carbocycles. The van der Waals surface area contributed by atoms with Crippen molar-refractivity contribution in [3.8, 4) is 17.7 Å². The molecule has 164 valence electrons. The maximum absolute atomic E-state index is 13.0. The largest absolute Gasteiger partial charge is 0.467 e. The number of furan rings is 1. The minimum atomic E-state index is -0.905. The molecule has 9 heteroatoms. The molecular formula is C22H26N4O5. The lowest BCUT2D eigenvalue weighted by Crippen LogP contribution is -2.58. The molecule has 2 aromatic rings. The lowest BCUT2D eigenvalue weighted by Gasteiger charge is -2.37. The number of aromatic nitrogens is 1. The van der Waals surface area contributed by atoms with Gasteiger partial charge in [0.1, 0.15) is 11.6 Å². The van der Waals surface area contributed by atoms with Crippen LogP contribution in [0.3, 0.4) is 0 Å². The Kier molecular flexibility index (Phi) is 5.98. The maximum Gasteiger partial charge on any atom is 0.331 e. The predicted molar refractivity (Wildman–Crippen MR) is 110 cm³/mol. The molecule has 9 nitrogen and oxygen atoms in total. The Labute approximate surface area is 180 Å². The Morgan fingerprint density at radius 2 is 2.03 bits per heavy atom. The summed E-state index contributed by atoms with van der Waals surface area (Å²) in [5.41, 5.74) is -0.709. The van der Waals surface area contributed by atoms with E-state index in [0.29, 0.717) is 50.4 Å². The lowest BCUT2D eigenvalue weighted by molar-refractivity contribution is -0.153. The number of nitrogens with zero attached hydrogens (tertiary/aromatic N) is 3. The number of nitrogens with one attached hydrogen (secondary N) is 1. The maximum atomic E-state index is 13.0. The van der Waals surface area contributed by atoms with Crippen LogP contribution in [0.5, 0.6) is 0 Å². The molecule has 0 unspecified atom stereocenters. The normalized spacial score (nSPS) is 18.9. The SMILES string of the molecule is COC(=O)C1(NC(=O)C2CCN(c3oc(-c4ccco4)nc3C#N)CC2)CCCCC1. The highest BCUT2D eigenvalue weighted by Crippen LogP contribution is 2.33. The zero-order valence-corrected chi connectivity index (χ0v) is 17.6. The van der Waals surface area contributed by atoms with Crippen molar-refractivity contribution in [1.29, 1.82) is 5.26 Å². The van der Waals surface area contributed by atoms with Crippen LogP contribution >= 0.6 is 0 Å². The van der Waals surface area contributed by atoms with Crippen molar-refractivity contribution in [2.75, 3.05) is 25.1 Å². The Balaban J connectivity index is 1.41. The minimum absolute atomic E-state index is 0.110. The Morgan fingerprint density at radius 3 is 2.65 bits per heavy atom. The van der Waals surface area contributed by atoms with E-state index in [1.54, 1.807) is 12.1 Å². The number of hydrogen-bond donors (Lipinski definition) is 1. The molecule has 3 heterocycles. The molecule has 1 saturated carbocycles. The third-order valence-electron chi connectivity index (χ3n) is 6.25. The van der Waals surface area contributed by atoms with E-state index in [-0.39, 0.29) is 29.4 Å². The van der Waals surface area contributed by atoms with Crippen molar-refractivity contribution >= 4 is 17.8 Å². The second-order valence-electron chi connectivity index (χ2n) is 8.15. The summed E-state index contributed by atoms with van der Waals surface area (Å²) in [6, 6.07) is 5.51. The summed E-state index contributed by atoms with van der Waals surface area (Å²) in [5.74, 6) is 0.431. The average molecular weight is 426 g/mol. The first-order valence-electron chi connectivity index (χ1n) is 10.7. The topological polar surface area (TPSA) is 122 Å². The number of carbonyl (C=O) groups excluding carboxylic acids is 2. The molecule has 1 aliphatic carbocycles. The third kappa shape index (κ3) is 4.15. The van der Waals surface area contributed by atoms with Gasteiger partial charge in [0.25, 0.3) is 5.89 Å². The highest BCUT2D eigenvalue weighted by atomic mass is 16.5. The van der Waals surface area contributed by atoms with E-state index in [0.717, 1.165) is 19.3 Å². The molecule has 0 spiro atoms. The van der Waals surface area contributed by atoms with Crippen molar-refractivity contribution in [2.24, 2.45) is 5.92 Å². The summed E-state index contributed by atoms with van der Waals surface area (Å²) in [4.78, 5) is 31.5. The molecule has 1 N–H and O–H groups in total. The number of amides is 1. The molecule has 2 fully saturated rings. The first kappa shape index (κ1) is 21.0. The molecule has 0 atom stereocenters. The van der Waals surface area contributed by atoms with Gasteiger partial charge in [0, 0.05) is 19.0 Å². The van der Waals surface area contributed by atoms with Crippen LogP contribution in [0, 0.1) is 17.2 Å². The molecule has 31 heavy (non-hydrogen) atoms. The highest BCUT2D eigenvalue weighted by molar-refractivity contribution is 5.89. The number of esters is 1. The fourth-order valence-electron chi connectivity index (χ4n) is 4.52. The highest BCUT2D eigenvalue weighted by Gasteiger charge is 2.43. The predicted octanol–water partition coefficient (Wildman–Crippen LogP) is 3.01. The first-order chi connectivity index (χ1) is 15.1. The van der Waals surface area contributed by atoms with Crippen LogP contribution < -0.4 is 10.2 Å². The summed E-state index contributed by atoms with van der Waals surface area (Å²) in [6.07, 6.45) is 6.78. The molecule has 2 aliphatic rings. The zero-order chi connectivity index (χ0) is 21.8. The summed E-state index contributed by atoms with van der Waals surface area (Å²) in [6.45, 7) is 1.09. The Hall–Kier alpha value is -3.28. The van der Waals surface area contributed by atoms with Crippen molar-refractivity contribution in [2.45, 2.75) is 50.5 Å². The zero-order valence-electron chi connectivity index (χ0n) is 17.6. The van der Waals surface area contributed by atoms with Gasteiger partial charge in [-0.05, 0) is 37.8 Å². The molecule has 2 aromatic heterocycles. The summed E-state index contributed by atoms with van der Waals surface area (Å²) >= 11 is 0. The third-order valence-corrected chi connectivity index (χ3v) is 6.25. The van der Waals surface area contributed by atoms with E-state index in [2.05, 4.69) is 16.4 Å². The molecule has 0 bridgehead atoms. The number of carbonyl (C=O) groups is 2. The summed E-state index contributed by atoms with van der Waals surface area (Å²) < 4.78 is 16.1. The number of methoxy groups -OCH3 is 1. The molecule has 1 amide bonds. The molecule has 1 saturated heterocycles. The number of piperidine rings is 1. The molecule has 0 radical (unpaired) electrons. The fourth-order valence-corrected chi connectivity index (χ4v) is 4.52. The number of ether oxygens (including phenoxy) is 1. The molecule has 1 aliphatic heterocycles. The van der Waals surface area contributed by atoms with Crippen LogP contribution in [0.1, 0.15) is 50.6 Å². The van der Waals surface area contributed by atoms with Crippen molar-refractivity contribution in [3.63, 3.8) is 0 Å². The van der Waals surface area contributed by atoms with Crippen LogP contribution in [0.25, 0.3) is 11.7 Å². The van der Waals surface area contributed by atoms with E-state index in [1.807, 2.05) is 4.90 Å². The second kappa shape index (κ2) is 8.84. The lowest BCUT2D eigenvalue weighted by atomic mass is 9.81. The van der Waals surface area contributed by atoms with Crippen LogP contribution in [0.2, 0.25) is 0 Å². The van der Waals surface area contributed by atoms with Gasteiger partial charge in [-0.1, -0.05) is 19.3 Å². The van der Waals surface area contributed by atoms with Gasteiger partial charge in [-0.15, -0.1) is 0 Å². The average Bonchev–Trinajstić information content (AvgIpc) is 3.49. The van der Waals surface area contributed by atoms with Gasteiger partial charge in [0.05, 0.1) is 13.4 Å². The smallest absolute Gasteiger partial charge is 0.331 e. The summed E-state index contributed by atoms with van der Waals surface area (Å²) in [7, 11) is 1.37. The van der Waals surface area contributed by atoms with Gasteiger partial charge in [0.2, 0.25) is 17.5 Å². The van der Waals surface area contributed by atoms with Crippen molar-refractivity contribution in [1.82, 2.24) is 10.3 Å². The van der Waals surface area contributed by atoms with E-state index in [1.165, 1.54) is 13.4 Å². The number of nitriles is 1. The number of hydrogen-bond acceptors (Lipinski definition) is 8. The Bertz CT molecular complexity index is 961. The Morgan fingerprint density at radius 1 is 1.29 bits per heavy atom. The van der Waals surface area contributed by atoms with Gasteiger partial charge in [-0.25, -0.2) is 4.79 Å². The van der Waals surface area contributed by atoms with Gasteiger partial charge in [-0.3, -0.25) is 4.79 Å². The van der Waals surface area contributed by atoms with Gasteiger partial charge >= 0.3 is 5.97 Å². The van der Waals surface area contributed by atoms with Crippen molar-refractivity contribution < 1.29 is 23.2 Å². The van der Waals surface area contributed by atoms with Gasteiger partial charge in [-0.2, -0.15) is 10.2 Å². The molecular weight excluding hydrogens is 400 g/mol. The second-order valence-corrected chi connectivity index (χ2v) is 8.15. The quantitative estimate of drug-likeness (QED) is 0.724. The van der Waals surface area contributed by atoms with Gasteiger partial charge < -0.3 is 23.8 Å². The minimum Gasteiger partial charge on any atom is -0.467 e. The summed E-state index contributed by atoms with van der Waals surface area (Å²) in [5, 5.41) is 12.5. The van der Waals surface area contributed by atoms with E-state index >= 15 is 0 Å². The molecule has 4 rings (SSSR count). The number of anilines is 1. The van der Waals surface area contributed by atoms with Crippen LogP contribution in [-0.2, 0) is 14.3 Å². The van der Waals surface area contributed by atoms with Crippen LogP contribution in [0.15, 0.2) is 27.2 Å². The van der Waals surface area contributed by atoms with E-state index in [9.17, 15) is 14.9 Å². The van der Waals surface area contributed by atoms with Crippen LogP contribution in [-0.4, -0.2) is 42.6 Å². The van der Waals surface area contributed by atoms with Crippen LogP contribution in [0.4, 0.5) is 5.88 Å². The number of rotatable bonds is 5. The van der Waals surface area contributed by atoms with Crippen molar-refractivity contribution in [3.05, 3.63) is 24.1 Å².